The van der Waals surface area contributed by atoms with Crippen LogP contribution >= 0.6 is 0 Å². The van der Waals surface area contributed by atoms with E-state index in [9.17, 15) is 13.2 Å². The van der Waals surface area contributed by atoms with Crippen molar-refractivity contribution >= 4 is 15.7 Å². The van der Waals surface area contributed by atoms with Crippen LogP contribution in [0.2, 0.25) is 0 Å². The lowest BCUT2D eigenvalue weighted by Gasteiger charge is -2.27. The summed E-state index contributed by atoms with van der Waals surface area (Å²) in [6.07, 6.45) is 7.38. The summed E-state index contributed by atoms with van der Waals surface area (Å²) in [6, 6.07) is 7.27. The summed E-state index contributed by atoms with van der Waals surface area (Å²) in [5.41, 5.74) is 1.16. The maximum absolute atomic E-state index is 12.1. The molecule has 1 aromatic carbocycles. The number of amides is 1. The molecule has 1 unspecified atom stereocenters. The predicted molar refractivity (Wildman–Crippen MR) is 114 cm³/mol. The summed E-state index contributed by atoms with van der Waals surface area (Å²) in [5.74, 6) is 0.652. The zero-order chi connectivity index (χ0) is 20.6. The minimum Gasteiger partial charge on any atom is -0.343 e. The van der Waals surface area contributed by atoms with E-state index in [2.05, 4.69) is 18.7 Å². The quantitative estimate of drug-likeness (QED) is 0.592. The Bertz CT molecular complexity index is 716. The monoisotopic (exact) mass is 408 g/mol. The summed E-state index contributed by atoms with van der Waals surface area (Å²) in [5, 5.41) is 0. The zero-order valence-electron chi connectivity index (χ0n) is 17.7. The van der Waals surface area contributed by atoms with Crippen LogP contribution in [-0.4, -0.2) is 63.1 Å². The fourth-order valence-corrected chi connectivity index (χ4v) is 4.54. The second kappa shape index (κ2) is 11.0. The molecule has 158 valence electrons. The molecule has 1 aliphatic heterocycles. The van der Waals surface area contributed by atoms with Crippen LogP contribution in [0.3, 0.4) is 0 Å². The van der Waals surface area contributed by atoms with Crippen molar-refractivity contribution in [1.29, 1.82) is 0 Å². The highest BCUT2D eigenvalue weighted by molar-refractivity contribution is 7.90. The summed E-state index contributed by atoms with van der Waals surface area (Å²) in [7, 11) is -3.15. The molecule has 1 amide bonds. The minimum absolute atomic E-state index is 0.318. The minimum atomic E-state index is -3.15. The lowest BCUT2D eigenvalue weighted by Crippen LogP contribution is -2.35. The van der Waals surface area contributed by atoms with E-state index in [-0.39, 0.29) is 0 Å². The van der Waals surface area contributed by atoms with Crippen LogP contribution in [0.15, 0.2) is 29.2 Å². The van der Waals surface area contributed by atoms with Crippen molar-refractivity contribution in [3.05, 3.63) is 29.8 Å². The van der Waals surface area contributed by atoms with Gasteiger partial charge >= 0.3 is 0 Å². The molecule has 1 fully saturated rings. The Kier molecular flexibility index (Phi) is 8.96. The molecule has 0 N–H and O–H groups in total. The van der Waals surface area contributed by atoms with Crippen LogP contribution < -0.4 is 0 Å². The number of hydrogen-bond donors (Lipinski definition) is 0. The molecular formula is C22H36N2O3S. The van der Waals surface area contributed by atoms with Gasteiger partial charge in [-0.3, -0.25) is 4.79 Å². The van der Waals surface area contributed by atoms with Gasteiger partial charge in [-0.1, -0.05) is 32.4 Å². The van der Waals surface area contributed by atoms with Crippen LogP contribution in [-0.2, 0) is 14.6 Å². The largest absolute Gasteiger partial charge is 0.343 e. The number of carbonyl (C=O) groups is 1. The molecule has 6 heteroatoms. The molecule has 0 spiro atoms. The summed E-state index contributed by atoms with van der Waals surface area (Å²) < 4.78 is 23.3. The third kappa shape index (κ3) is 7.21. The molecule has 1 saturated heterocycles. The number of sulfone groups is 1. The normalized spacial score (nSPS) is 17.0. The smallest absolute Gasteiger partial charge is 0.222 e. The Morgan fingerprint density at radius 1 is 1.11 bits per heavy atom. The topological polar surface area (TPSA) is 57.7 Å². The van der Waals surface area contributed by atoms with Gasteiger partial charge in [-0.25, -0.2) is 8.42 Å². The molecule has 0 saturated carbocycles. The van der Waals surface area contributed by atoms with E-state index in [0.717, 1.165) is 64.0 Å². The van der Waals surface area contributed by atoms with Crippen LogP contribution in [0.1, 0.15) is 63.9 Å². The first kappa shape index (κ1) is 22.9. The highest BCUT2D eigenvalue weighted by Gasteiger charge is 2.17. The Balaban J connectivity index is 1.87. The number of benzene rings is 1. The van der Waals surface area contributed by atoms with Gasteiger partial charge in [-0.15, -0.1) is 0 Å². The third-order valence-corrected chi connectivity index (χ3v) is 6.65. The summed E-state index contributed by atoms with van der Waals surface area (Å²) in [4.78, 5) is 17.0. The Labute approximate surface area is 171 Å². The van der Waals surface area contributed by atoms with Gasteiger partial charge in [0.1, 0.15) is 0 Å². The predicted octanol–water partition coefficient (Wildman–Crippen LogP) is 3.70. The van der Waals surface area contributed by atoms with E-state index >= 15 is 0 Å². The second-order valence-corrected chi connectivity index (χ2v) is 10.1. The van der Waals surface area contributed by atoms with Gasteiger partial charge in [0, 0.05) is 32.3 Å². The molecule has 2 rings (SSSR count). The first-order valence-corrected chi connectivity index (χ1v) is 12.5. The van der Waals surface area contributed by atoms with Gasteiger partial charge < -0.3 is 9.80 Å². The van der Waals surface area contributed by atoms with Crippen molar-refractivity contribution in [2.24, 2.45) is 0 Å². The molecule has 0 bridgehead atoms. The molecular weight excluding hydrogens is 372 g/mol. The van der Waals surface area contributed by atoms with Crippen molar-refractivity contribution in [1.82, 2.24) is 9.80 Å². The van der Waals surface area contributed by atoms with Crippen molar-refractivity contribution in [3.63, 3.8) is 0 Å². The highest BCUT2D eigenvalue weighted by atomic mass is 32.2. The van der Waals surface area contributed by atoms with E-state index in [0.29, 0.717) is 23.1 Å². The van der Waals surface area contributed by atoms with Gasteiger partial charge in [-0.05, 0) is 62.4 Å². The average molecular weight is 409 g/mol. The number of rotatable bonds is 10. The molecule has 0 aliphatic carbocycles. The Morgan fingerprint density at radius 3 is 2.46 bits per heavy atom. The zero-order valence-corrected chi connectivity index (χ0v) is 18.5. The van der Waals surface area contributed by atoms with Crippen molar-refractivity contribution in [2.45, 2.75) is 63.2 Å². The van der Waals surface area contributed by atoms with Gasteiger partial charge in [0.2, 0.25) is 5.91 Å². The third-order valence-electron chi connectivity index (χ3n) is 5.52. The summed E-state index contributed by atoms with van der Waals surface area (Å²) in [6.45, 7) is 9.13. The van der Waals surface area contributed by atoms with E-state index < -0.39 is 9.84 Å². The van der Waals surface area contributed by atoms with Crippen molar-refractivity contribution < 1.29 is 13.2 Å². The van der Waals surface area contributed by atoms with E-state index in [1.807, 2.05) is 17.0 Å². The van der Waals surface area contributed by atoms with E-state index in [4.69, 9.17) is 0 Å². The SMILES string of the molecule is CCCN(CCCN1CCCCCC1=O)CC(C)c1ccc(S(C)(=O)=O)cc1. The van der Waals surface area contributed by atoms with Gasteiger partial charge in [0.25, 0.3) is 0 Å². The van der Waals surface area contributed by atoms with Crippen molar-refractivity contribution in [2.75, 3.05) is 39.0 Å². The fourth-order valence-electron chi connectivity index (χ4n) is 3.91. The van der Waals surface area contributed by atoms with Gasteiger partial charge in [0.15, 0.2) is 9.84 Å². The maximum atomic E-state index is 12.1. The number of hydrogen-bond acceptors (Lipinski definition) is 4. The molecule has 1 atom stereocenters. The molecule has 0 aromatic heterocycles. The first-order valence-electron chi connectivity index (χ1n) is 10.6. The molecule has 1 heterocycles. The Hall–Kier alpha value is -1.40. The van der Waals surface area contributed by atoms with Gasteiger partial charge in [0.05, 0.1) is 4.90 Å². The number of likely N-dealkylation sites (tertiary alicyclic amines) is 1. The molecule has 0 radical (unpaired) electrons. The maximum Gasteiger partial charge on any atom is 0.222 e. The van der Waals surface area contributed by atoms with Crippen LogP contribution in [0.4, 0.5) is 0 Å². The van der Waals surface area contributed by atoms with E-state index in [1.165, 1.54) is 12.7 Å². The first-order chi connectivity index (χ1) is 13.3. The lowest BCUT2D eigenvalue weighted by molar-refractivity contribution is -0.130. The lowest BCUT2D eigenvalue weighted by atomic mass is 10.0. The van der Waals surface area contributed by atoms with Crippen LogP contribution in [0.25, 0.3) is 0 Å². The van der Waals surface area contributed by atoms with Gasteiger partial charge in [-0.2, -0.15) is 0 Å². The van der Waals surface area contributed by atoms with Crippen molar-refractivity contribution in [3.8, 4) is 0 Å². The molecule has 5 nitrogen and oxygen atoms in total. The average Bonchev–Trinajstić information content (AvgIpc) is 2.85. The van der Waals surface area contributed by atoms with Crippen LogP contribution in [0, 0.1) is 0 Å². The van der Waals surface area contributed by atoms with E-state index in [1.54, 1.807) is 12.1 Å². The molecule has 1 aromatic rings. The number of nitrogens with zero attached hydrogens (tertiary/aromatic N) is 2. The standard InChI is InChI=1S/C22H36N2O3S/c1-4-14-23(15-8-17-24-16-7-5-6-9-22(24)25)18-19(2)20-10-12-21(13-11-20)28(3,26)27/h10-13,19H,4-9,14-18H2,1-3H3. The number of carbonyl (C=O) groups excluding carboxylic acids is 1. The second-order valence-electron chi connectivity index (χ2n) is 8.09. The fraction of sp³-hybridized carbons (Fsp3) is 0.682. The Morgan fingerprint density at radius 2 is 1.82 bits per heavy atom. The molecule has 1 aliphatic rings. The summed E-state index contributed by atoms with van der Waals surface area (Å²) >= 11 is 0. The van der Waals surface area contributed by atoms with Crippen LogP contribution in [0.5, 0.6) is 0 Å². The highest BCUT2D eigenvalue weighted by Crippen LogP contribution is 2.20. The molecule has 28 heavy (non-hydrogen) atoms.